The molecule has 0 amide bonds. The molecule has 1 heterocycles. The molecule has 2 aromatic rings. The number of benzene rings is 1. The zero-order valence-electron chi connectivity index (χ0n) is 16.5. The van der Waals surface area contributed by atoms with Crippen molar-refractivity contribution in [3.05, 3.63) is 46.8 Å². The zero-order valence-corrected chi connectivity index (χ0v) is 18.9. The summed E-state index contributed by atoms with van der Waals surface area (Å²) in [7, 11) is 1.99. The van der Waals surface area contributed by atoms with Crippen LogP contribution in [0, 0.1) is 0 Å². The van der Waals surface area contributed by atoms with Gasteiger partial charge in [0.2, 0.25) is 0 Å². The zero-order chi connectivity index (χ0) is 18.4. The molecule has 144 valence electrons. The first kappa shape index (κ1) is 22.5. The summed E-state index contributed by atoms with van der Waals surface area (Å²) in [6, 6.07) is 8.41. The van der Waals surface area contributed by atoms with Crippen LogP contribution in [0.25, 0.3) is 0 Å². The molecule has 1 aromatic heterocycles. The molecular weight excluding hydrogens is 437 g/mol. The van der Waals surface area contributed by atoms with Gasteiger partial charge in [0.25, 0.3) is 0 Å². The summed E-state index contributed by atoms with van der Waals surface area (Å²) in [6.07, 6.45) is 2.99. The topological polar surface area (TPSA) is 68.2 Å². The molecule has 3 N–H and O–H groups in total. The molecular formula is C20H32IN5. The Morgan fingerprint density at radius 2 is 1.85 bits per heavy atom. The fourth-order valence-electron chi connectivity index (χ4n) is 3.05. The monoisotopic (exact) mass is 469 g/mol. The molecule has 1 atom stereocenters. The number of aryl methyl sites for hydroxylation is 2. The predicted molar refractivity (Wildman–Crippen MR) is 121 cm³/mol. The molecule has 6 heteroatoms. The van der Waals surface area contributed by atoms with Gasteiger partial charge in [0.15, 0.2) is 5.96 Å². The molecule has 0 aliphatic carbocycles. The van der Waals surface area contributed by atoms with Gasteiger partial charge in [-0.25, -0.2) is 4.99 Å². The van der Waals surface area contributed by atoms with Crippen LogP contribution in [0.15, 0.2) is 29.3 Å². The van der Waals surface area contributed by atoms with Crippen LogP contribution in [0.4, 0.5) is 5.69 Å². The smallest absolute Gasteiger partial charge is 0.193 e. The van der Waals surface area contributed by atoms with Gasteiger partial charge < -0.3 is 11.1 Å². The lowest BCUT2D eigenvalue weighted by Gasteiger charge is -2.11. The van der Waals surface area contributed by atoms with E-state index in [0.29, 0.717) is 18.4 Å². The molecule has 0 bridgehead atoms. The fourth-order valence-corrected chi connectivity index (χ4v) is 3.05. The summed E-state index contributed by atoms with van der Waals surface area (Å²) >= 11 is 0. The number of hydrogen-bond acceptors (Lipinski definition) is 2. The summed E-state index contributed by atoms with van der Waals surface area (Å²) in [5.41, 5.74) is 11.9. The lowest BCUT2D eigenvalue weighted by molar-refractivity contribution is 0.703. The molecule has 0 radical (unpaired) electrons. The van der Waals surface area contributed by atoms with Gasteiger partial charge in [0.05, 0.1) is 12.2 Å². The number of halogens is 1. The van der Waals surface area contributed by atoms with E-state index < -0.39 is 0 Å². The van der Waals surface area contributed by atoms with Crippen LogP contribution >= 0.6 is 24.0 Å². The number of nitrogens with one attached hydrogen (secondary N) is 1. The Bertz CT molecular complexity index is 719. The lowest BCUT2D eigenvalue weighted by atomic mass is 9.99. The first-order chi connectivity index (χ1) is 12.0. The minimum Gasteiger partial charge on any atom is -0.370 e. The summed E-state index contributed by atoms with van der Waals surface area (Å²) in [6.45, 7) is 9.27. The first-order valence-electron chi connectivity index (χ1n) is 9.20. The van der Waals surface area contributed by atoms with E-state index in [1.54, 1.807) is 0 Å². The van der Waals surface area contributed by atoms with Crippen molar-refractivity contribution in [3.8, 4) is 0 Å². The SMILES string of the molecule is CCc1nn(C)c(CC)c1CN=C(N)Nc1ccc(C(C)CC)cc1.I. The van der Waals surface area contributed by atoms with E-state index in [-0.39, 0.29) is 24.0 Å². The molecule has 0 saturated heterocycles. The number of nitrogens with zero attached hydrogens (tertiary/aromatic N) is 3. The predicted octanol–water partition coefficient (Wildman–Crippen LogP) is 4.60. The highest BCUT2D eigenvalue weighted by Crippen LogP contribution is 2.20. The van der Waals surface area contributed by atoms with Crippen LogP contribution < -0.4 is 11.1 Å². The van der Waals surface area contributed by atoms with Crippen molar-refractivity contribution in [2.24, 2.45) is 17.8 Å². The van der Waals surface area contributed by atoms with E-state index in [0.717, 1.165) is 30.6 Å². The van der Waals surface area contributed by atoms with Crippen molar-refractivity contribution >= 4 is 35.6 Å². The second-order valence-electron chi connectivity index (χ2n) is 6.46. The molecule has 0 spiro atoms. The second-order valence-corrected chi connectivity index (χ2v) is 6.46. The number of aromatic nitrogens is 2. The van der Waals surface area contributed by atoms with Gasteiger partial charge in [0.1, 0.15) is 0 Å². The van der Waals surface area contributed by atoms with Crippen molar-refractivity contribution in [1.29, 1.82) is 0 Å². The number of hydrogen-bond donors (Lipinski definition) is 2. The van der Waals surface area contributed by atoms with Crippen molar-refractivity contribution in [2.75, 3.05) is 5.32 Å². The third-order valence-electron chi connectivity index (χ3n) is 4.80. The van der Waals surface area contributed by atoms with Crippen LogP contribution in [0.2, 0.25) is 0 Å². The maximum absolute atomic E-state index is 6.08. The number of guanidine groups is 1. The largest absolute Gasteiger partial charge is 0.370 e. The van der Waals surface area contributed by atoms with Crippen LogP contribution in [0.1, 0.15) is 62.5 Å². The van der Waals surface area contributed by atoms with Crippen LogP contribution in [-0.2, 0) is 26.4 Å². The minimum atomic E-state index is 0. The summed E-state index contributed by atoms with van der Waals surface area (Å²) < 4.78 is 1.96. The summed E-state index contributed by atoms with van der Waals surface area (Å²) in [4.78, 5) is 4.52. The molecule has 0 fully saturated rings. The lowest BCUT2D eigenvalue weighted by Crippen LogP contribution is -2.22. The van der Waals surface area contributed by atoms with Crippen LogP contribution in [0.3, 0.4) is 0 Å². The second kappa shape index (κ2) is 10.5. The van der Waals surface area contributed by atoms with Crippen molar-refractivity contribution in [1.82, 2.24) is 9.78 Å². The first-order valence-corrected chi connectivity index (χ1v) is 9.20. The number of anilines is 1. The van der Waals surface area contributed by atoms with Gasteiger partial charge in [-0.2, -0.15) is 5.10 Å². The fraction of sp³-hybridized carbons (Fsp3) is 0.500. The summed E-state index contributed by atoms with van der Waals surface area (Å²) in [5, 5.41) is 7.76. The number of nitrogens with two attached hydrogens (primary N) is 1. The van der Waals surface area contributed by atoms with Crippen molar-refractivity contribution in [2.45, 2.75) is 59.4 Å². The molecule has 1 aromatic carbocycles. The number of rotatable bonds is 7. The maximum atomic E-state index is 6.08. The van der Waals surface area contributed by atoms with Gasteiger partial charge in [-0.05, 0) is 42.9 Å². The third kappa shape index (κ3) is 5.46. The quantitative estimate of drug-likeness (QED) is 0.354. The summed E-state index contributed by atoms with van der Waals surface area (Å²) in [5.74, 6) is 1.01. The van der Waals surface area contributed by atoms with Crippen molar-refractivity contribution < 1.29 is 0 Å². The average molecular weight is 469 g/mol. The molecule has 0 saturated carbocycles. The average Bonchev–Trinajstić information content (AvgIpc) is 2.94. The molecule has 5 nitrogen and oxygen atoms in total. The van der Waals surface area contributed by atoms with Gasteiger partial charge in [0, 0.05) is 24.0 Å². The van der Waals surface area contributed by atoms with E-state index >= 15 is 0 Å². The third-order valence-corrected chi connectivity index (χ3v) is 4.80. The van der Waals surface area contributed by atoms with Gasteiger partial charge in [-0.1, -0.05) is 39.8 Å². The Labute approximate surface area is 174 Å². The van der Waals surface area contributed by atoms with Gasteiger partial charge in [-0.3, -0.25) is 4.68 Å². The minimum absolute atomic E-state index is 0. The Morgan fingerprint density at radius 1 is 1.19 bits per heavy atom. The molecule has 2 rings (SSSR count). The van der Waals surface area contributed by atoms with E-state index in [9.17, 15) is 0 Å². The molecule has 0 aliphatic heterocycles. The molecule has 0 aliphatic rings. The van der Waals surface area contributed by atoms with Crippen LogP contribution in [-0.4, -0.2) is 15.7 Å². The normalized spacial score (nSPS) is 12.6. The molecule has 1 unspecified atom stereocenters. The van der Waals surface area contributed by atoms with E-state index in [1.165, 1.54) is 16.8 Å². The maximum Gasteiger partial charge on any atom is 0.193 e. The van der Waals surface area contributed by atoms with E-state index in [1.807, 2.05) is 11.7 Å². The highest BCUT2D eigenvalue weighted by molar-refractivity contribution is 14.0. The van der Waals surface area contributed by atoms with Gasteiger partial charge >= 0.3 is 0 Å². The van der Waals surface area contributed by atoms with E-state index in [4.69, 9.17) is 5.73 Å². The van der Waals surface area contributed by atoms with E-state index in [2.05, 4.69) is 67.4 Å². The van der Waals surface area contributed by atoms with Gasteiger partial charge in [-0.15, -0.1) is 24.0 Å². The highest BCUT2D eigenvalue weighted by atomic mass is 127. The van der Waals surface area contributed by atoms with Crippen LogP contribution in [0.5, 0.6) is 0 Å². The standard InChI is InChI=1S/C20H31N5.HI/c1-6-14(4)15-9-11-16(12-10-15)23-20(21)22-13-17-18(7-2)24-25(5)19(17)8-3;/h9-12,14H,6-8,13H2,1-5H3,(H3,21,22,23);1H. The Balaban J connectivity index is 0.00000338. The Kier molecular flexibility index (Phi) is 9.12. The highest BCUT2D eigenvalue weighted by Gasteiger charge is 2.13. The Morgan fingerprint density at radius 3 is 2.38 bits per heavy atom. The van der Waals surface area contributed by atoms with Crippen molar-refractivity contribution in [3.63, 3.8) is 0 Å². The molecule has 26 heavy (non-hydrogen) atoms. The Hall–Kier alpha value is -1.57. The number of aliphatic imine (C=N–C) groups is 1.